The van der Waals surface area contributed by atoms with Gasteiger partial charge in [-0.3, -0.25) is 5.10 Å². The molecule has 1 unspecified atom stereocenters. The zero-order valence-corrected chi connectivity index (χ0v) is 12.4. The Labute approximate surface area is 110 Å². The van der Waals surface area contributed by atoms with Crippen molar-refractivity contribution in [2.45, 2.75) is 59.3 Å². The highest BCUT2D eigenvalue weighted by Crippen LogP contribution is 2.38. The fourth-order valence-electron chi connectivity index (χ4n) is 2.89. The fraction of sp³-hybridized carbons (Fsp3) is 0.562. The van der Waals surface area contributed by atoms with E-state index in [9.17, 15) is 0 Å². The highest BCUT2D eigenvalue weighted by atomic mass is 15.1. The van der Waals surface area contributed by atoms with Gasteiger partial charge in [-0.2, -0.15) is 5.10 Å². The maximum absolute atomic E-state index is 4.22. The van der Waals surface area contributed by atoms with Crippen molar-refractivity contribution in [3.8, 4) is 0 Å². The van der Waals surface area contributed by atoms with Crippen molar-refractivity contribution in [2.24, 2.45) is 0 Å². The van der Waals surface area contributed by atoms with Crippen LogP contribution in [-0.2, 0) is 5.41 Å². The lowest BCUT2D eigenvalue weighted by molar-refractivity contribution is 0.575. The number of nitrogens with one attached hydrogen (secondary N) is 1. The Kier molecular flexibility index (Phi) is 3.22. The van der Waals surface area contributed by atoms with Crippen LogP contribution in [0.4, 0.5) is 0 Å². The van der Waals surface area contributed by atoms with Crippen LogP contribution in [0.25, 0.3) is 10.9 Å². The Balaban J connectivity index is 2.85. The summed E-state index contributed by atoms with van der Waals surface area (Å²) in [6.07, 6.45) is 3.15. The molecule has 0 saturated heterocycles. The molecule has 1 aromatic carbocycles. The van der Waals surface area contributed by atoms with Crippen LogP contribution in [0.5, 0.6) is 0 Å². The minimum atomic E-state index is 0.146. The first kappa shape index (κ1) is 13.1. The Morgan fingerprint density at radius 3 is 2.56 bits per heavy atom. The second-order valence-corrected chi connectivity index (χ2v) is 6.37. The van der Waals surface area contributed by atoms with Crippen LogP contribution in [0.15, 0.2) is 12.3 Å². The molecule has 1 aromatic heterocycles. The molecular formula is C16H24N2. The van der Waals surface area contributed by atoms with E-state index >= 15 is 0 Å². The van der Waals surface area contributed by atoms with Gasteiger partial charge >= 0.3 is 0 Å². The predicted molar refractivity (Wildman–Crippen MR) is 78.2 cm³/mol. The second-order valence-electron chi connectivity index (χ2n) is 6.37. The molecule has 2 aromatic rings. The quantitative estimate of drug-likeness (QED) is 0.816. The number of rotatable bonds is 2. The Morgan fingerprint density at radius 1 is 1.33 bits per heavy atom. The third-order valence-electron chi connectivity index (χ3n) is 3.85. The van der Waals surface area contributed by atoms with Crippen molar-refractivity contribution in [3.05, 3.63) is 29.0 Å². The molecule has 1 heterocycles. The number of hydrogen-bond acceptors (Lipinski definition) is 1. The van der Waals surface area contributed by atoms with Gasteiger partial charge < -0.3 is 0 Å². The molecule has 2 nitrogen and oxygen atoms in total. The molecule has 0 aliphatic rings. The molecule has 0 spiro atoms. The molecular weight excluding hydrogens is 220 g/mol. The van der Waals surface area contributed by atoms with E-state index in [0.29, 0.717) is 5.92 Å². The molecule has 0 aliphatic carbocycles. The van der Waals surface area contributed by atoms with Gasteiger partial charge in [-0.25, -0.2) is 0 Å². The van der Waals surface area contributed by atoms with Gasteiger partial charge in [-0.1, -0.05) is 34.6 Å². The van der Waals surface area contributed by atoms with E-state index in [1.807, 2.05) is 6.20 Å². The SMILES string of the molecule is CCC(C)c1c(C)cc2[nH]ncc2c1C(C)(C)C. The van der Waals surface area contributed by atoms with E-state index in [2.05, 4.69) is 57.8 Å². The molecule has 0 aliphatic heterocycles. The van der Waals surface area contributed by atoms with E-state index in [4.69, 9.17) is 0 Å². The van der Waals surface area contributed by atoms with E-state index in [0.717, 1.165) is 5.52 Å². The van der Waals surface area contributed by atoms with Gasteiger partial charge in [-0.05, 0) is 47.4 Å². The van der Waals surface area contributed by atoms with Crippen molar-refractivity contribution in [1.29, 1.82) is 0 Å². The summed E-state index contributed by atoms with van der Waals surface area (Å²) in [5.74, 6) is 0.596. The van der Waals surface area contributed by atoms with Crippen LogP contribution in [0.2, 0.25) is 0 Å². The van der Waals surface area contributed by atoms with Gasteiger partial charge in [0, 0.05) is 5.39 Å². The van der Waals surface area contributed by atoms with Crippen LogP contribution in [0.1, 0.15) is 63.6 Å². The Morgan fingerprint density at radius 2 is 2.00 bits per heavy atom. The number of benzene rings is 1. The number of aromatic nitrogens is 2. The van der Waals surface area contributed by atoms with Crippen LogP contribution in [0.3, 0.4) is 0 Å². The Hall–Kier alpha value is -1.31. The first-order valence-corrected chi connectivity index (χ1v) is 6.83. The zero-order valence-electron chi connectivity index (χ0n) is 12.4. The molecule has 2 rings (SSSR count). The van der Waals surface area contributed by atoms with Crippen molar-refractivity contribution in [1.82, 2.24) is 10.2 Å². The third-order valence-corrected chi connectivity index (χ3v) is 3.85. The van der Waals surface area contributed by atoms with Gasteiger partial charge in [0.2, 0.25) is 0 Å². The predicted octanol–water partition coefficient (Wildman–Crippen LogP) is 4.68. The van der Waals surface area contributed by atoms with Crippen LogP contribution >= 0.6 is 0 Å². The van der Waals surface area contributed by atoms with E-state index in [1.54, 1.807) is 0 Å². The fourth-order valence-corrected chi connectivity index (χ4v) is 2.89. The summed E-state index contributed by atoms with van der Waals surface area (Å²) in [7, 11) is 0. The van der Waals surface area contributed by atoms with Gasteiger partial charge in [0.25, 0.3) is 0 Å². The molecule has 1 atom stereocenters. The molecule has 0 amide bonds. The van der Waals surface area contributed by atoms with E-state index in [-0.39, 0.29) is 5.41 Å². The summed E-state index contributed by atoms with van der Waals surface area (Å²) in [5.41, 5.74) is 5.66. The molecule has 0 fully saturated rings. The number of aryl methyl sites for hydroxylation is 1. The average molecular weight is 244 g/mol. The summed E-state index contributed by atoms with van der Waals surface area (Å²) in [4.78, 5) is 0. The molecule has 2 heteroatoms. The zero-order chi connectivity index (χ0) is 13.5. The lowest BCUT2D eigenvalue weighted by atomic mass is 9.76. The summed E-state index contributed by atoms with van der Waals surface area (Å²) in [5, 5.41) is 8.61. The van der Waals surface area contributed by atoms with E-state index in [1.165, 1.54) is 28.5 Å². The van der Waals surface area contributed by atoms with Crippen molar-refractivity contribution in [2.75, 3.05) is 0 Å². The Bertz CT molecular complexity index is 558. The number of nitrogens with zero attached hydrogens (tertiary/aromatic N) is 1. The largest absolute Gasteiger partial charge is 0.278 e. The second kappa shape index (κ2) is 4.42. The summed E-state index contributed by atoms with van der Waals surface area (Å²) >= 11 is 0. The minimum absolute atomic E-state index is 0.146. The molecule has 0 radical (unpaired) electrons. The van der Waals surface area contributed by atoms with Crippen molar-refractivity contribution in [3.63, 3.8) is 0 Å². The minimum Gasteiger partial charge on any atom is -0.278 e. The first-order chi connectivity index (χ1) is 8.36. The average Bonchev–Trinajstić information content (AvgIpc) is 2.71. The van der Waals surface area contributed by atoms with Gasteiger partial charge in [0.05, 0.1) is 11.7 Å². The smallest absolute Gasteiger partial charge is 0.0656 e. The molecule has 18 heavy (non-hydrogen) atoms. The van der Waals surface area contributed by atoms with Gasteiger partial charge in [0.15, 0.2) is 0 Å². The molecule has 98 valence electrons. The maximum Gasteiger partial charge on any atom is 0.0656 e. The van der Waals surface area contributed by atoms with Crippen LogP contribution < -0.4 is 0 Å². The standard InChI is InChI=1S/C16H24N2/c1-7-10(2)14-11(3)8-13-12(9-17-18-13)15(14)16(4,5)6/h8-10H,7H2,1-6H3,(H,17,18). The topological polar surface area (TPSA) is 28.7 Å². The van der Waals surface area contributed by atoms with Crippen molar-refractivity contribution < 1.29 is 0 Å². The molecule has 0 bridgehead atoms. The third kappa shape index (κ3) is 2.05. The van der Waals surface area contributed by atoms with Crippen molar-refractivity contribution >= 4 is 10.9 Å². The normalized spacial score (nSPS) is 14.1. The van der Waals surface area contributed by atoms with Crippen LogP contribution in [0, 0.1) is 6.92 Å². The number of aromatic amines is 1. The van der Waals surface area contributed by atoms with Crippen LogP contribution in [-0.4, -0.2) is 10.2 Å². The van der Waals surface area contributed by atoms with E-state index < -0.39 is 0 Å². The summed E-state index contributed by atoms with van der Waals surface area (Å²) < 4.78 is 0. The molecule has 1 N–H and O–H groups in total. The summed E-state index contributed by atoms with van der Waals surface area (Å²) in [6.45, 7) is 13.7. The first-order valence-electron chi connectivity index (χ1n) is 6.83. The number of fused-ring (bicyclic) bond motifs is 1. The lowest BCUT2D eigenvalue weighted by Gasteiger charge is -2.28. The molecule has 0 saturated carbocycles. The highest BCUT2D eigenvalue weighted by molar-refractivity contribution is 5.85. The number of hydrogen-bond donors (Lipinski definition) is 1. The highest BCUT2D eigenvalue weighted by Gasteiger charge is 2.25. The summed E-state index contributed by atoms with van der Waals surface area (Å²) in [6, 6.07) is 2.24. The van der Waals surface area contributed by atoms with Gasteiger partial charge in [-0.15, -0.1) is 0 Å². The monoisotopic (exact) mass is 244 g/mol. The lowest BCUT2D eigenvalue weighted by Crippen LogP contribution is -2.17. The number of H-pyrrole nitrogens is 1. The van der Waals surface area contributed by atoms with Gasteiger partial charge in [0.1, 0.15) is 0 Å². The maximum atomic E-state index is 4.22.